The topological polar surface area (TPSA) is 152 Å². The van der Waals surface area contributed by atoms with Gasteiger partial charge >= 0.3 is 7.82 Å². The van der Waals surface area contributed by atoms with Crippen molar-refractivity contribution in [2.75, 3.05) is 18.5 Å². The molecule has 10 atom stereocenters. The van der Waals surface area contributed by atoms with E-state index in [0.29, 0.717) is 12.0 Å². The lowest BCUT2D eigenvalue weighted by Crippen LogP contribution is -2.70. The molecule has 0 spiro atoms. The van der Waals surface area contributed by atoms with Crippen LogP contribution in [0.4, 0.5) is 14.5 Å². The molecule has 1 aliphatic heterocycles. The van der Waals surface area contributed by atoms with Crippen LogP contribution in [-0.2, 0) is 34.6 Å². The summed E-state index contributed by atoms with van der Waals surface area (Å²) in [5, 5.41) is 15.1. The molecule has 50 heavy (non-hydrogen) atoms. The Kier molecular flexibility index (Phi) is 8.66. The van der Waals surface area contributed by atoms with Gasteiger partial charge in [-0.15, -0.1) is 0 Å². The number of aliphatic hydroxyl groups is 1. The summed E-state index contributed by atoms with van der Waals surface area (Å²) in [7, 11) is -5.08. The summed E-state index contributed by atoms with van der Waals surface area (Å²) in [6, 6.07) is 15.6. The lowest BCUT2D eigenvalue weighted by atomic mass is 9.44. The van der Waals surface area contributed by atoms with Crippen LogP contribution in [-0.4, -0.2) is 69.3 Å². The van der Waals surface area contributed by atoms with Crippen LogP contribution in [0.3, 0.4) is 0 Å². The van der Waals surface area contributed by atoms with Crippen LogP contribution in [0, 0.1) is 22.7 Å². The van der Waals surface area contributed by atoms with E-state index in [-0.39, 0.29) is 24.8 Å². The van der Waals surface area contributed by atoms with Crippen LogP contribution in [0.1, 0.15) is 63.0 Å². The van der Waals surface area contributed by atoms with Crippen molar-refractivity contribution >= 4 is 25.1 Å². The van der Waals surface area contributed by atoms with Gasteiger partial charge in [0.15, 0.2) is 29.1 Å². The number of allylic oxidation sites excluding steroid dienone is 4. The molecule has 0 radical (unpaired) electrons. The number of hydrogen-bond donors (Lipinski definition) is 4. The van der Waals surface area contributed by atoms with Gasteiger partial charge in [-0.3, -0.25) is 14.1 Å². The molecule has 0 bridgehead atoms. The van der Waals surface area contributed by atoms with Gasteiger partial charge in [0.25, 0.3) is 0 Å². The Morgan fingerprint density at radius 3 is 2.54 bits per heavy atom. The number of fused-ring (bicyclic) bond motifs is 7. The third-order valence-electron chi connectivity index (χ3n) is 12.1. The zero-order chi connectivity index (χ0) is 35.9. The monoisotopic (exact) mass is 713 g/mol. The maximum atomic E-state index is 17.7. The van der Waals surface area contributed by atoms with E-state index < -0.39 is 84.6 Å². The number of ether oxygens (including phenoxy) is 2. The Balaban J connectivity index is 1.21. The summed E-state index contributed by atoms with van der Waals surface area (Å²) < 4.78 is 63.1. The van der Waals surface area contributed by atoms with Crippen molar-refractivity contribution in [2.45, 2.75) is 82.4 Å². The number of hydrogen-bond acceptors (Lipinski definition) is 8. The maximum absolute atomic E-state index is 17.7. The number of ketones is 2. The van der Waals surface area contributed by atoms with E-state index in [2.05, 4.69) is 15.9 Å². The molecule has 268 valence electrons. The first-order chi connectivity index (χ1) is 23.6. The molecule has 2 aromatic carbocycles. The number of phosphoric acid groups is 1. The van der Waals surface area contributed by atoms with Gasteiger partial charge in [0.1, 0.15) is 12.8 Å². The Morgan fingerprint density at radius 1 is 1.10 bits per heavy atom. The number of carbonyl (C=O) groups excluding carboxylic acids is 2. The number of nitrogens with one attached hydrogen (secondary N) is 1. The Hall–Kier alpha value is -3.09. The Morgan fingerprint density at radius 2 is 1.84 bits per heavy atom. The number of aliphatic hydroxyl groups excluding tert-OH is 1. The summed E-state index contributed by atoms with van der Waals surface area (Å²) in [6.45, 7) is 4.97. The number of benzene rings is 2. The first-order valence-electron chi connectivity index (χ1n) is 17.0. The number of carbonyl (C=O) groups is 2. The van der Waals surface area contributed by atoms with Gasteiger partial charge in [-0.25, -0.2) is 13.3 Å². The Labute approximate surface area is 289 Å². The summed E-state index contributed by atoms with van der Waals surface area (Å²) in [5.74, 6) is -3.14. The van der Waals surface area contributed by atoms with Crippen LogP contribution in [0.25, 0.3) is 0 Å². The molecule has 0 amide bonds. The minimum atomic E-state index is -5.08. The zero-order valence-corrected chi connectivity index (χ0v) is 28.9. The molecule has 1 saturated heterocycles. The molecule has 0 unspecified atom stereocenters. The van der Waals surface area contributed by atoms with Crippen LogP contribution in [0.15, 0.2) is 72.3 Å². The summed E-state index contributed by atoms with van der Waals surface area (Å²) in [4.78, 5) is 45.3. The normalized spacial score (nSPS) is 38.9. The van der Waals surface area contributed by atoms with Crippen molar-refractivity contribution in [1.29, 1.82) is 0 Å². The number of halogens is 2. The zero-order valence-electron chi connectivity index (χ0n) is 28.1. The van der Waals surface area contributed by atoms with Gasteiger partial charge in [-0.1, -0.05) is 49.4 Å². The fourth-order valence-electron chi connectivity index (χ4n) is 9.87. The third-order valence-corrected chi connectivity index (χ3v) is 12.6. The van der Waals surface area contributed by atoms with Gasteiger partial charge in [-0.05, 0) is 86.4 Å². The van der Waals surface area contributed by atoms with Crippen molar-refractivity contribution in [3.05, 3.63) is 89.0 Å². The van der Waals surface area contributed by atoms with Crippen LogP contribution < -0.4 is 5.32 Å². The van der Waals surface area contributed by atoms with E-state index >= 15 is 8.78 Å². The van der Waals surface area contributed by atoms with Gasteiger partial charge in [0.2, 0.25) is 0 Å². The molecule has 3 saturated carbocycles. The predicted molar refractivity (Wildman–Crippen MR) is 178 cm³/mol. The minimum absolute atomic E-state index is 0.0215. The molecular weight excluding hydrogens is 671 g/mol. The molecule has 13 heteroatoms. The number of anilines is 1. The number of phosphoric ester groups is 1. The van der Waals surface area contributed by atoms with Crippen molar-refractivity contribution < 1.29 is 51.8 Å². The van der Waals surface area contributed by atoms with Gasteiger partial charge in [-0.2, -0.15) is 0 Å². The van der Waals surface area contributed by atoms with E-state index in [1.54, 1.807) is 6.92 Å². The first kappa shape index (κ1) is 35.3. The molecule has 4 fully saturated rings. The van der Waals surface area contributed by atoms with E-state index in [1.165, 1.54) is 19.1 Å². The smallest absolute Gasteiger partial charge is 0.390 e. The number of rotatable bonds is 9. The molecule has 7 rings (SSSR count). The van der Waals surface area contributed by atoms with Crippen LogP contribution >= 0.6 is 7.82 Å². The lowest BCUT2D eigenvalue weighted by Gasteiger charge is -2.63. The number of Topliss-reactive ketones (excluding diaryl/α,β-unsaturated/α-hetero) is 1. The van der Waals surface area contributed by atoms with Crippen molar-refractivity contribution in [3.8, 4) is 0 Å². The first-order valence-corrected chi connectivity index (χ1v) is 18.5. The van der Waals surface area contributed by atoms with Crippen molar-refractivity contribution in [1.82, 2.24) is 0 Å². The summed E-state index contributed by atoms with van der Waals surface area (Å²) in [6.07, 6.45) is -1.77. The molecule has 5 aliphatic rings. The molecule has 4 aliphatic carbocycles. The highest BCUT2D eigenvalue weighted by atomic mass is 31.2. The molecular formula is C37H42F2NO9P. The molecule has 1 heterocycles. The van der Waals surface area contributed by atoms with Crippen molar-refractivity contribution in [2.24, 2.45) is 22.7 Å². The average molecular weight is 714 g/mol. The highest BCUT2D eigenvalue weighted by Gasteiger charge is 2.80. The molecule has 0 aromatic heterocycles. The second kappa shape index (κ2) is 12.3. The van der Waals surface area contributed by atoms with E-state index in [0.717, 1.165) is 29.4 Å². The predicted octanol–water partition coefficient (Wildman–Crippen LogP) is 5.47. The summed E-state index contributed by atoms with van der Waals surface area (Å²) in [5.41, 5.74) is -3.57. The fraction of sp³-hybridized carbons (Fsp3) is 0.514. The summed E-state index contributed by atoms with van der Waals surface area (Å²) >= 11 is 0. The second-order valence-electron chi connectivity index (χ2n) is 14.7. The minimum Gasteiger partial charge on any atom is -0.390 e. The maximum Gasteiger partial charge on any atom is 0.470 e. The SMILES string of the molecule is CCNc1cccc(Cc2ccc([C@@H]3O[C@@H]4C[C@H]5[C@@H]6C[C@H](F)C7=CC(=O)C=C[C@]7(C)[C@@]6(F)[C@@H](O)C[C@]5(C)[C@]4(C(=O)COP(=O)(O)O)O3)cc2)c1. The van der Waals surface area contributed by atoms with Crippen LogP contribution in [0.2, 0.25) is 0 Å². The number of alkyl halides is 2. The molecule has 2 aromatic rings. The molecule has 10 nitrogen and oxygen atoms in total. The fourth-order valence-corrected chi connectivity index (χ4v) is 10.2. The van der Waals surface area contributed by atoms with E-state index in [4.69, 9.17) is 9.47 Å². The third kappa shape index (κ3) is 5.29. The average Bonchev–Trinajstić information content (AvgIpc) is 3.56. The second-order valence-corrected chi connectivity index (χ2v) is 16.0. The van der Waals surface area contributed by atoms with E-state index in [9.17, 15) is 29.0 Å². The largest absolute Gasteiger partial charge is 0.470 e. The highest BCUT2D eigenvalue weighted by molar-refractivity contribution is 7.46. The van der Waals surface area contributed by atoms with Gasteiger partial charge in [0, 0.05) is 34.5 Å². The quantitative estimate of drug-likeness (QED) is 0.247. The highest BCUT2D eigenvalue weighted by Crippen LogP contribution is 2.72. The lowest BCUT2D eigenvalue weighted by molar-refractivity contribution is -0.235. The van der Waals surface area contributed by atoms with Crippen molar-refractivity contribution in [3.63, 3.8) is 0 Å². The van der Waals surface area contributed by atoms with Crippen LogP contribution in [0.5, 0.6) is 0 Å². The van der Waals surface area contributed by atoms with Gasteiger partial charge < -0.3 is 29.7 Å². The van der Waals surface area contributed by atoms with E-state index in [1.807, 2.05) is 49.4 Å². The Bertz CT molecular complexity index is 1810. The standard InChI is InChI=1S/C37H42F2NO9P/c1-4-40-24-7-5-6-22(15-24)14-21-8-10-23(11-9-21)33-48-32-18-26-27-17-29(38)28-16-25(41)12-13-34(28,2)36(27,39)30(42)19-35(26,3)37(32,49-33)31(43)20-47-50(44,45)46/h5-13,15-16,26-27,29-30,32-33,40,42H,4,14,17-20H2,1-3H3,(H2,44,45,46)/t26-,27-,29-,30-,32+,33+,34-,35-,36-,37+/m0/s1. The molecule has 4 N–H and O–H groups in total. The van der Waals surface area contributed by atoms with Gasteiger partial charge in [0.05, 0.1) is 12.2 Å².